The second-order valence-electron chi connectivity index (χ2n) is 5.70. The van der Waals surface area contributed by atoms with Crippen LogP contribution < -0.4 is 0 Å². The number of halogens is 6. The van der Waals surface area contributed by atoms with E-state index in [4.69, 9.17) is 4.74 Å². The number of rotatable bonds is 4. The van der Waals surface area contributed by atoms with E-state index in [0.29, 0.717) is 0 Å². The summed E-state index contributed by atoms with van der Waals surface area (Å²) in [6.45, 7) is 0. The molecule has 0 aromatic carbocycles. The zero-order chi connectivity index (χ0) is 18.3. The van der Waals surface area contributed by atoms with Crippen LogP contribution in [-0.4, -0.2) is 61.4 Å². The molecule has 0 aliphatic carbocycles. The first-order chi connectivity index (χ1) is 10.8. The van der Waals surface area contributed by atoms with Gasteiger partial charge in [0.1, 0.15) is 5.60 Å². The maximum absolute atomic E-state index is 12.5. The van der Waals surface area contributed by atoms with Crippen molar-refractivity contribution in [2.24, 2.45) is 11.0 Å². The molecule has 1 unspecified atom stereocenters. The Bertz CT molecular complexity index is 543. The molecule has 0 N–H and O–H groups in total. The SMILES string of the molecule is CN(C)/N=C/[C@@]12C=C[C@@H](O1)C(C(=O)OC(C(F)(F)F)C(F)(F)F)C2. The van der Waals surface area contributed by atoms with Gasteiger partial charge < -0.3 is 14.5 Å². The van der Waals surface area contributed by atoms with Crippen LogP contribution in [0.3, 0.4) is 0 Å². The minimum absolute atomic E-state index is 0.146. The summed E-state index contributed by atoms with van der Waals surface area (Å²) in [7, 11) is 3.22. The molecular weight excluding hydrogens is 346 g/mol. The van der Waals surface area contributed by atoms with Gasteiger partial charge in [-0.3, -0.25) is 4.79 Å². The second-order valence-corrected chi connectivity index (χ2v) is 5.70. The van der Waals surface area contributed by atoms with Crippen molar-refractivity contribution in [3.05, 3.63) is 12.2 Å². The molecule has 2 heterocycles. The minimum atomic E-state index is -5.74. The monoisotopic (exact) mass is 360 g/mol. The summed E-state index contributed by atoms with van der Waals surface area (Å²) in [4.78, 5) is 11.8. The zero-order valence-corrected chi connectivity index (χ0v) is 12.6. The molecule has 24 heavy (non-hydrogen) atoms. The summed E-state index contributed by atoms with van der Waals surface area (Å²) in [5, 5.41) is 5.35. The maximum Gasteiger partial charge on any atom is 0.434 e. The Kier molecular flexibility index (Phi) is 4.59. The summed E-state index contributed by atoms with van der Waals surface area (Å²) < 4.78 is 84.0. The van der Waals surface area contributed by atoms with Gasteiger partial charge in [-0.05, 0) is 6.08 Å². The van der Waals surface area contributed by atoms with Gasteiger partial charge in [-0.25, -0.2) is 0 Å². The summed E-state index contributed by atoms with van der Waals surface area (Å²) >= 11 is 0. The van der Waals surface area contributed by atoms with Gasteiger partial charge >= 0.3 is 18.3 Å². The van der Waals surface area contributed by atoms with Crippen LogP contribution in [0, 0.1) is 5.92 Å². The first-order valence-electron chi connectivity index (χ1n) is 6.78. The topological polar surface area (TPSA) is 51.1 Å². The molecular formula is C13H14F6N2O3. The van der Waals surface area contributed by atoms with Crippen LogP contribution in [0.4, 0.5) is 26.3 Å². The van der Waals surface area contributed by atoms with Crippen LogP contribution in [0.2, 0.25) is 0 Å². The fourth-order valence-corrected chi connectivity index (χ4v) is 2.46. The molecule has 0 spiro atoms. The number of hydrogen-bond donors (Lipinski definition) is 0. The molecule has 2 aliphatic rings. The quantitative estimate of drug-likeness (QED) is 0.254. The normalized spacial score (nSPS) is 29.7. The van der Waals surface area contributed by atoms with Crippen molar-refractivity contribution in [2.75, 3.05) is 14.1 Å². The van der Waals surface area contributed by atoms with Gasteiger partial charge in [0.05, 0.1) is 18.2 Å². The molecule has 11 heteroatoms. The van der Waals surface area contributed by atoms with Gasteiger partial charge in [0.25, 0.3) is 6.10 Å². The fourth-order valence-electron chi connectivity index (χ4n) is 2.46. The van der Waals surface area contributed by atoms with E-state index in [-0.39, 0.29) is 6.42 Å². The van der Waals surface area contributed by atoms with Crippen LogP contribution in [0.1, 0.15) is 6.42 Å². The lowest BCUT2D eigenvalue weighted by molar-refractivity contribution is -0.314. The van der Waals surface area contributed by atoms with E-state index in [2.05, 4.69) is 9.84 Å². The standard InChI is InChI=1S/C13H14F6N2O3/c1-21(2)20-6-11-4-3-8(24-11)7(5-11)9(22)23-10(12(14,15)16)13(17,18)19/h3-4,6-8,10H,5H2,1-2H3/b20-6+/t7?,8-,11+/m1/s1. The highest BCUT2D eigenvalue weighted by atomic mass is 19.4. The summed E-state index contributed by atoms with van der Waals surface area (Å²) in [5.41, 5.74) is -1.13. The molecule has 3 atom stereocenters. The Morgan fingerprint density at radius 2 is 1.92 bits per heavy atom. The Balaban J connectivity index is 2.11. The van der Waals surface area contributed by atoms with E-state index in [1.54, 1.807) is 20.2 Å². The maximum atomic E-state index is 12.5. The molecule has 0 aromatic heterocycles. The molecule has 0 aromatic rings. The first-order valence-corrected chi connectivity index (χ1v) is 6.78. The third-order valence-electron chi connectivity index (χ3n) is 3.50. The lowest BCUT2D eigenvalue weighted by atomic mass is 9.87. The largest absolute Gasteiger partial charge is 0.442 e. The molecule has 2 bridgehead atoms. The Morgan fingerprint density at radius 3 is 2.42 bits per heavy atom. The van der Waals surface area contributed by atoms with Gasteiger partial charge in [0.15, 0.2) is 0 Å². The third kappa shape index (κ3) is 3.82. The number of hydrogen-bond acceptors (Lipinski definition) is 5. The van der Waals surface area contributed by atoms with Gasteiger partial charge in [-0.1, -0.05) is 6.08 Å². The van der Waals surface area contributed by atoms with Crippen molar-refractivity contribution in [1.82, 2.24) is 5.01 Å². The Morgan fingerprint density at radius 1 is 1.33 bits per heavy atom. The van der Waals surface area contributed by atoms with E-state index >= 15 is 0 Å². The number of carbonyl (C=O) groups is 1. The first kappa shape index (κ1) is 18.6. The smallest absolute Gasteiger partial charge is 0.434 e. The molecule has 2 rings (SSSR count). The highest BCUT2D eigenvalue weighted by Gasteiger charge is 2.61. The number of hydrazone groups is 1. The van der Waals surface area contributed by atoms with Crippen molar-refractivity contribution in [1.29, 1.82) is 0 Å². The third-order valence-corrected chi connectivity index (χ3v) is 3.50. The van der Waals surface area contributed by atoms with Crippen LogP contribution >= 0.6 is 0 Å². The number of carbonyl (C=O) groups excluding carboxylic acids is 1. The summed E-state index contributed by atoms with van der Waals surface area (Å²) in [5.74, 6) is -2.88. The fraction of sp³-hybridized carbons (Fsp3) is 0.692. The lowest BCUT2D eigenvalue weighted by Crippen LogP contribution is -2.47. The molecule has 136 valence electrons. The highest BCUT2D eigenvalue weighted by molar-refractivity contribution is 5.80. The zero-order valence-electron chi connectivity index (χ0n) is 12.6. The summed E-state index contributed by atoms with van der Waals surface area (Å²) in [6, 6.07) is 0. The van der Waals surface area contributed by atoms with Crippen LogP contribution in [0.15, 0.2) is 17.3 Å². The van der Waals surface area contributed by atoms with Crippen LogP contribution in [-0.2, 0) is 14.3 Å². The Hall–Kier alpha value is -1.78. The molecule has 5 nitrogen and oxygen atoms in total. The minimum Gasteiger partial charge on any atom is -0.442 e. The molecule has 0 amide bonds. The lowest BCUT2D eigenvalue weighted by Gasteiger charge is -2.25. The van der Waals surface area contributed by atoms with Gasteiger partial charge in [0, 0.05) is 20.5 Å². The van der Waals surface area contributed by atoms with Gasteiger partial charge in [-0.15, -0.1) is 0 Å². The highest BCUT2D eigenvalue weighted by Crippen LogP contribution is 2.43. The average molecular weight is 360 g/mol. The number of alkyl halides is 6. The average Bonchev–Trinajstić information content (AvgIpc) is 2.98. The van der Waals surface area contributed by atoms with E-state index in [9.17, 15) is 31.1 Å². The van der Waals surface area contributed by atoms with Crippen molar-refractivity contribution in [3.8, 4) is 0 Å². The van der Waals surface area contributed by atoms with Gasteiger partial charge in [-0.2, -0.15) is 31.4 Å². The molecule has 0 saturated carbocycles. The van der Waals surface area contributed by atoms with Crippen molar-refractivity contribution in [2.45, 2.75) is 36.6 Å². The van der Waals surface area contributed by atoms with Crippen molar-refractivity contribution in [3.63, 3.8) is 0 Å². The van der Waals surface area contributed by atoms with E-state index < -0.39 is 42.0 Å². The molecule has 1 fully saturated rings. The predicted octanol–water partition coefficient (Wildman–Crippen LogP) is 2.28. The van der Waals surface area contributed by atoms with E-state index in [1.165, 1.54) is 17.3 Å². The second kappa shape index (κ2) is 5.94. The number of ether oxygens (including phenoxy) is 2. The molecule has 1 saturated heterocycles. The van der Waals surface area contributed by atoms with Crippen LogP contribution in [0.5, 0.6) is 0 Å². The number of nitrogens with zero attached hydrogens (tertiary/aromatic N) is 2. The van der Waals surface area contributed by atoms with Crippen LogP contribution in [0.25, 0.3) is 0 Å². The predicted molar refractivity (Wildman–Crippen MR) is 69.0 cm³/mol. The number of esters is 1. The van der Waals surface area contributed by atoms with Crippen molar-refractivity contribution >= 4 is 12.2 Å². The Labute approximate surface area is 132 Å². The van der Waals surface area contributed by atoms with E-state index in [1.807, 2.05) is 0 Å². The molecule has 2 aliphatic heterocycles. The molecule has 0 radical (unpaired) electrons. The number of fused-ring (bicyclic) bond motifs is 2. The summed E-state index contributed by atoms with van der Waals surface area (Å²) in [6.07, 6.45) is -12.5. The van der Waals surface area contributed by atoms with Gasteiger partial charge in [0.2, 0.25) is 0 Å². The van der Waals surface area contributed by atoms with Crippen molar-refractivity contribution < 1.29 is 40.6 Å². The van der Waals surface area contributed by atoms with E-state index in [0.717, 1.165) is 0 Å².